The first-order valence-corrected chi connectivity index (χ1v) is 6.16. The predicted octanol–water partition coefficient (Wildman–Crippen LogP) is 1.63. The molecule has 1 aromatic rings. The van der Waals surface area contributed by atoms with Gasteiger partial charge in [-0.05, 0) is 6.07 Å². The van der Waals surface area contributed by atoms with Gasteiger partial charge in [-0.2, -0.15) is 0 Å². The Bertz CT molecular complexity index is 537. The van der Waals surface area contributed by atoms with Gasteiger partial charge in [0.15, 0.2) is 6.61 Å². The topological polar surface area (TPSA) is 93.5 Å². The molecule has 1 aliphatic rings. The molecule has 0 aliphatic carbocycles. The Morgan fingerprint density at radius 2 is 2.30 bits per heavy atom. The van der Waals surface area contributed by atoms with Crippen LogP contribution < -0.4 is 21.1 Å². The van der Waals surface area contributed by atoms with Gasteiger partial charge in [0.1, 0.15) is 5.75 Å². The first-order valence-electron chi connectivity index (χ1n) is 5.78. The quantitative estimate of drug-likeness (QED) is 0.789. The molecule has 1 aromatic carbocycles. The van der Waals surface area contributed by atoms with Crippen molar-refractivity contribution in [2.45, 2.75) is 6.92 Å². The van der Waals surface area contributed by atoms with Crippen molar-refractivity contribution in [1.82, 2.24) is 0 Å². The van der Waals surface area contributed by atoms with E-state index in [1.54, 1.807) is 13.0 Å². The smallest absolute Gasteiger partial charge is 0.262 e. The number of anilines is 2. The van der Waals surface area contributed by atoms with Crippen LogP contribution in [0.1, 0.15) is 6.92 Å². The van der Waals surface area contributed by atoms with Crippen molar-refractivity contribution in [1.29, 1.82) is 0 Å². The SMILES string of the molecule is CC(CN)C(=O)Nc1cc2c(cc1Cl)NC(=O)CO2.Cl. The van der Waals surface area contributed by atoms with Gasteiger partial charge in [0.25, 0.3) is 5.91 Å². The number of hydrogen-bond acceptors (Lipinski definition) is 4. The molecule has 2 rings (SSSR count). The number of halogens is 2. The lowest BCUT2D eigenvalue weighted by Crippen LogP contribution is -2.27. The van der Waals surface area contributed by atoms with E-state index in [4.69, 9.17) is 22.1 Å². The van der Waals surface area contributed by atoms with Crippen LogP contribution in [0.3, 0.4) is 0 Å². The van der Waals surface area contributed by atoms with Crippen LogP contribution >= 0.6 is 24.0 Å². The summed E-state index contributed by atoms with van der Waals surface area (Å²) in [5.74, 6) is -0.297. The summed E-state index contributed by atoms with van der Waals surface area (Å²) in [6.07, 6.45) is 0. The molecule has 110 valence electrons. The van der Waals surface area contributed by atoms with E-state index in [1.807, 2.05) is 0 Å². The molecule has 8 heteroatoms. The van der Waals surface area contributed by atoms with Crippen molar-refractivity contribution < 1.29 is 14.3 Å². The van der Waals surface area contributed by atoms with Gasteiger partial charge in [0, 0.05) is 18.5 Å². The number of ether oxygens (including phenoxy) is 1. The van der Waals surface area contributed by atoms with Crippen molar-refractivity contribution in [3.05, 3.63) is 17.2 Å². The molecule has 1 atom stereocenters. The second-order valence-corrected chi connectivity index (χ2v) is 4.70. The van der Waals surface area contributed by atoms with Gasteiger partial charge in [-0.1, -0.05) is 18.5 Å². The Balaban J connectivity index is 0.00000200. The summed E-state index contributed by atoms with van der Waals surface area (Å²) in [7, 11) is 0. The van der Waals surface area contributed by atoms with Crippen LogP contribution in [0.4, 0.5) is 11.4 Å². The third kappa shape index (κ3) is 3.53. The first-order chi connectivity index (χ1) is 9.01. The zero-order valence-electron chi connectivity index (χ0n) is 10.7. The van der Waals surface area contributed by atoms with Gasteiger partial charge in [0.2, 0.25) is 5.91 Å². The molecular weight excluding hydrogens is 305 g/mol. The highest BCUT2D eigenvalue weighted by molar-refractivity contribution is 6.34. The molecule has 0 saturated carbocycles. The predicted molar refractivity (Wildman–Crippen MR) is 79.7 cm³/mol. The molecule has 6 nitrogen and oxygen atoms in total. The maximum Gasteiger partial charge on any atom is 0.262 e. The largest absolute Gasteiger partial charge is 0.482 e. The fourth-order valence-corrected chi connectivity index (χ4v) is 1.77. The minimum Gasteiger partial charge on any atom is -0.482 e. The summed E-state index contributed by atoms with van der Waals surface area (Å²) < 4.78 is 5.25. The molecule has 4 N–H and O–H groups in total. The molecule has 0 bridgehead atoms. The fraction of sp³-hybridized carbons (Fsp3) is 0.333. The lowest BCUT2D eigenvalue weighted by Gasteiger charge is -2.20. The summed E-state index contributed by atoms with van der Waals surface area (Å²) in [5.41, 5.74) is 6.35. The molecular formula is C12H15Cl2N3O3. The maximum atomic E-state index is 11.8. The van der Waals surface area contributed by atoms with Crippen LogP contribution in [0.5, 0.6) is 5.75 Å². The number of benzene rings is 1. The van der Waals surface area contributed by atoms with Gasteiger partial charge >= 0.3 is 0 Å². The molecule has 0 aromatic heterocycles. The molecule has 0 fully saturated rings. The van der Waals surface area contributed by atoms with Gasteiger partial charge in [0.05, 0.1) is 16.4 Å². The first kappa shape index (κ1) is 16.6. The second kappa shape index (κ2) is 6.78. The van der Waals surface area contributed by atoms with Gasteiger partial charge in [-0.25, -0.2) is 0 Å². The maximum absolute atomic E-state index is 11.8. The highest BCUT2D eigenvalue weighted by Gasteiger charge is 2.20. The fourth-order valence-electron chi connectivity index (χ4n) is 1.56. The number of nitrogens with one attached hydrogen (secondary N) is 2. The van der Waals surface area contributed by atoms with Gasteiger partial charge in [-0.15, -0.1) is 12.4 Å². The number of carbonyl (C=O) groups is 2. The Labute approximate surface area is 127 Å². The third-order valence-electron chi connectivity index (χ3n) is 2.76. The van der Waals surface area contributed by atoms with Crippen molar-refractivity contribution in [3.63, 3.8) is 0 Å². The second-order valence-electron chi connectivity index (χ2n) is 4.29. The van der Waals surface area contributed by atoms with Gasteiger partial charge < -0.3 is 21.1 Å². The molecule has 20 heavy (non-hydrogen) atoms. The third-order valence-corrected chi connectivity index (χ3v) is 3.07. The van der Waals surface area contributed by atoms with Crippen LogP contribution in [-0.2, 0) is 9.59 Å². The van der Waals surface area contributed by atoms with E-state index in [-0.39, 0.29) is 43.3 Å². The highest BCUT2D eigenvalue weighted by Crippen LogP contribution is 2.36. The number of amides is 2. The normalized spacial score (nSPS) is 14.2. The number of nitrogens with two attached hydrogens (primary N) is 1. The zero-order chi connectivity index (χ0) is 14.0. The molecule has 1 heterocycles. The number of fused-ring (bicyclic) bond motifs is 1. The molecule has 0 spiro atoms. The van der Waals surface area contributed by atoms with E-state index in [2.05, 4.69) is 10.6 Å². The summed E-state index contributed by atoms with van der Waals surface area (Å²) in [6.45, 7) is 1.92. The zero-order valence-corrected chi connectivity index (χ0v) is 12.3. The van der Waals surface area contributed by atoms with E-state index in [0.29, 0.717) is 22.1 Å². The molecule has 0 radical (unpaired) electrons. The van der Waals surface area contributed by atoms with Crippen LogP contribution in [0.2, 0.25) is 5.02 Å². The molecule has 2 amide bonds. The Morgan fingerprint density at radius 3 is 2.95 bits per heavy atom. The molecule has 0 saturated heterocycles. The Morgan fingerprint density at radius 1 is 1.60 bits per heavy atom. The summed E-state index contributed by atoms with van der Waals surface area (Å²) in [6, 6.07) is 3.12. The van der Waals surface area contributed by atoms with E-state index in [9.17, 15) is 9.59 Å². The van der Waals surface area contributed by atoms with E-state index < -0.39 is 0 Å². The van der Waals surface area contributed by atoms with Crippen molar-refractivity contribution in [2.75, 3.05) is 23.8 Å². The van der Waals surface area contributed by atoms with E-state index >= 15 is 0 Å². The summed E-state index contributed by atoms with van der Waals surface area (Å²) in [4.78, 5) is 22.9. The minimum atomic E-state index is -0.312. The van der Waals surface area contributed by atoms with Crippen molar-refractivity contribution >= 4 is 47.2 Å². The number of rotatable bonds is 3. The molecule has 1 unspecified atom stereocenters. The van der Waals surface area contributed by atoms with Crippen molar-refractivity contribution in [2.24, 2.45) is 11.7 Å². The van der Waals surface area contributed by atoms with Crippen LogP contribution in [0.25, 0.3) is 0 Å². The average Bonchev–Trinajstić information content (AvgIpc) is 2.38. The monoisotopic (exact) mass is 319 g/mol. The lowest BCUT2D eigenvalue weighted by atomic mass is 10.1. The lowest BCUT2D eigenvalue weighted by molar-refractivity contribution is -0.119. The standard InChI is InChI=1S/C12H14ClN3O3.ClH/c1-6(4-14)12(18)16-8-3-10-9(2-7(8)13)15-11(17)5-19-10;/h2-3,6H,4-5,14H2,1H3,(H,15,17)(H,16,18);1H. The number of hydrogen-bond donors (Lipinski definition) is 3. The van der Waals surface area contributed by atoms with Crippen LogP contribution in [0, 0.1) is 5.92 Å². The summed E-state index contributed by atoms with van der Waals surface area (Å²) in [5, 5.41) is 5.63. The van der Waals surface area contributed by atoms with Crippen molar-refractivity contribution in [3.8, 4) is 5.75 Å². The summed E-state index contributed by atoms with van der Waals surface area (Å²) >= 11 is 6.05. The van der Waals surface area contributed by atoms with Gasteiger partial charge in [-0.3, -0.25) is 9.59 Å². The Kier molecular flexibility index (Phi) is 5.62. The average molecular weight is 320 g/mol. The molecule has 1 aliphatic heterocycles. The van der Waals surface area contributed by atoms with Crippen LogP contribution in [0.15, 0.2) is 12.1 Å². The van der Waals surface area contributed by atoms with E-state index in [0.717, 1.165) is 0 Å². The Hall–Kier alpha value is -1.50. The number of carbonyl (C=O) groups excluding carboxylic acids is 2. The van der Waals surface area contributed by atoms with E-state index in [1.165, 1.54) is 6.07 Å². The van der Waals surface area contributed by atoms with Crippen LogP contribution in [-0.4, -0.2) is 25.0 Å². The minimum absolute atomic E-state index is 0. The highest BCUT2D eigenvalue weighted by atomic mass is 35.5.